The van der Waals surface area contributed by atoms with Gasteiger partial charge in [-0.2, -0.15) is 0 Å². The SMILES string of the molecule is CN(Cc1ccccc1)C(=O)NCCC(=O)NC(CN)C1CC1. The van der Waals surface area contributed by atoms with Gasteiger partial charge in [-0.05, 0) is 24.3 Å². The van der Waals surface area contributed by atoms with Gasteiger partial charge in [0.2, 0.25) is 5.91 Å². The van der Waals surface area contributed by atoms with Crippen LogP contribution in [-0.2, 0) is 11.3 Å². The van der Waals surface area contributed by atoms with Crippen LogP contribution < -0.4 is 16.4 Å². The van der Waals surface area contributed by atoms with Gasteiger partial charge in [-0.1, -0.05) is 30.3 Å². The first-order valence-corrected chi connectivity index (χ1v) is 8.12. The molecule has 0 spiro atoms. The second-order valence-corrected chi connectivity index (χ2v) is 6.07. The Morgan fingerprint density at radius 1 is 1.30 bits per heavy atom. The summed E-state index contributed by atoms with van der Waals surface area (Å²) in [5, 5.41) is 5.71. The number of nitrogens with one attached hydrogen (secondary N) is 2. The molecule has 1 saturated carbocycles. The first kappa shape index (κ1) is 17.3. The second-order valence-electron chi connectivity index (χ2n) is 6.07. The molecule has 1 unspecified atom stereocenters. The third-order valence-electron chi connectivity index (χ3n) is 4.03. The highest BCUT2D eigenvalue weighted by Gasteiger charge is 2.31. The molecule has 6 nitrogen and oxygen atoms in total. The third-order valence-corrected chi connectivity index (χ3v) is 4.03. The van der Waals surface area contributed by atoms with E-state index in [9.17, 15) is 9.59 Å². The lowest BCUT2D eigenvalue weighted by Crippen LogP contribution is -2.43. The van der Waals surface area contributed by atoms with Crippen molar-refractivity contribution < 1.29 is 9.59 Å². The number of urea groups is 1. The minimum atomic E-state index is -0.181. The standard InChI is InChI=1S/C17H26N4O2/c1-21(12-13-5-3-2-4-6-13)17(23)19-10-9-16(22)20-15(11-18)14-7-8-14/h2-6,14-15H,7-12,18H2,1H3,(H,19,23)(H,20,22). The minimum absolute atomic E-state index is 0.0571. The van der Waals surface area contributed by atoms with Crippen molar-refractivity contribution in [3.63, 3.8) is 0 Å². The fraction of sp³-hybridized carbons (Fsp3) is 0.529. The molecule has 0 aromatic heterocycles. The van der Waals surface area contributed by atoms with Crippen molar-refractivity contribution >= 4 is 11.9 Å². The van der Waals surface area contributed by atoms with E-state index in [0.717, 1.165) is 18.4 Å². The molecule has 1 aliphatic carbocycles. The van der Waals surface area contributed by atoms with E-state index in [1.165, 1.54) is 0 Å². The highest BCUT2D eigenvalue weighted by molar-refractivity contribution is 5.78. The summed E-state index contributed by atoms with van der Waals surface area (Å²) in [6, 6.07) is 9.68. The summed E-state index contributed by atoms with van der Waals surface area (Å²) in [7, 11) is 1.74. The van der Waals surface area contributed by atoms with Gasteiger partial charge < -0.3 is 21.3 Å². The van der Waals surface area contributed by atoms with E-state index in [4.69, 9.17) is 5.73 Å². The Morgan fingerprint density at radius 3 is 2.61 bits per heavy atom. The number of hydrogen-bond donors (Lipinski definition) is 3. The van der Waals surface area contributed by atoms with Gasteiger partial charge in [-0.25, -0.2) is 4.79 Å². The van der Waals surface area contributed by atoms with Crippen LogP contribution in [0.3, 0.4) is 0 Å². The van der Waals surface area contributed by atoms with Crippen molar-refractivity contribution in [2.24, 2.45) is 11.7 Å². The van der Waals surface area contributed by atoms with E-state index in [-0.39, 0.29) is 24.4 Å². The smallest absolute Gasteiger partial charge is 0.317 e. The first-order chi connectivity index (χ1) is 11.1. The Labute approximate surface area is 137 Å². The summed E-state index contributed by atoms with van der Waals surface area (Å²) in [5.74, 6) is 0.480. The van der Waals surface area contributed by atoms with E-state index in [1.807, 2.05) is 30.3 Å². The van der Waals surface area contributed by atoms with Crippen molar-refractivity contribution in [3.05, 3.63) is 35.9 Å². The number of carbonyl (C=O) groups is 2. The van der Waals surface area contributed by atoms with Gasteiger partial charge in [-0.15, -0.1) is 0 Å². The molecule has 2 rings (SSSR count). The molecule has 0 aliphatic heterocycles. The second kappa shape index (κ2) is 8.53. The molecule has 1 aliphatic rings. The van der Waals surface area contributed by atoms with Crippen LogP contribution >= 0.6 is 0 Å². The Hall–Kier alpha value is -2.08. The Balaban J connectivity index is 1.64. The molecule has 0 saturated heterocycles. The van der Waals surface area contributed by atoms with Gasteiger partial charge in [0.25, 0.3) is 0 Å². The van der Waals surface area contributed by atoms with E-state index in [2.05, 4.69) is 10.6 Å². The highest BCUT2D eigenvalue weighted by Crippen LogP contribution is 2.32. The van der Waals surface area contributed by atoms with Crippen LogP contribution in [0.1, 0.15) is 24.8 Å². The molecule has 1 aromatic carbocycles. The molecule has 3 amide bonds. The van der Waals surface area contributed by atoms with Crippen LogP contribution in [0.15, 0.2) is 30.3 Å². The zero-order valence-electron chi connectivity index (χ0n) is 13.6. The molecule has 126 valence electrons. The predicted octanol–water partition coefficient (Wildman–Crippen LogP) is 1.07. The van der Waals surface area contributed by atoms with E-state index in [1.54, 1.807) is 11.9 Å². The number of hydrogen-bond acceptors (Lipinski definition) is 3. The van der Waals surface area contributed by atoms with Crippen molar-refractivity contribution in [2.75, 3.05) is 20.1 Å². The Bertz CT molecular complexity index is 517. The molecule has 4 N–H and O–H groups in total. The fourth-order valence-corrected chi connectivity index (χ4v) is 2.49. The average Bonchev–Trinajstić information content (AvgIpc) is 3.38. The maximum absolute atomic E-state index is 12.0. The number of nitrogens with zero attached hydrogens (tertiary/aromatic N) is 1. The monoisotopic (exact) mass is 318 g/mol. The zero-order valence-corrected chi connectivity index (χ0v) is 13.6. The third kappa shape index (κ3) is 5.90. The Kier molecular flexibility index (Phi) is 6.40. The van der Waals surface area contributed by atoms with Gasteiger partial charge in [0.05, 0.1) is 0 Å². The number of nitrogens with two attached hydrogens (primary N) is 1. The molecule has 1 aromatic rings. The number of rotatable bonds is 8. The number of benzene rings is 1. The van der Waals surface area contributed by atoms with Crippen LogP contribution in [0.25, 0.3) is 0 Å². The molecule has 0 radical (unpaired) electrons. The van der Waals surface area contributed by atoms with Crippen molar-refractivity contribution in [3.8, 4) is 0 Å². The molecule has 1 fully saturated rings. The largest absolute Gasteiger partial charge is 0.352 e. The lowest BCUT2D eigenvalue weighted by molar-refractivity contribution is -0.121. The summed E-state index contributed by atoms with van der Waals surface area (Å²) >= 11 is 0. The van der Waals surface area contributed by atoms with Gasteiger partial charge in [-0.3, -0.25) is 4.79 Å². The van der Waals surface area contributed by atoms with Crippen molar-refractivity contribution in [1.29, 1.82) is 0 Å². The molecule has 1 atom stereocenters. The van der Waals surface area contributed by atoms with Crippen molar-refractivity contribution in [2.45, 2.75) is 31.8 Å². The van der Waals surface area contributed by atoms with Crippen LogP contribution in [0.2, 0.25) is 0 Å². The zero-order chi connectivity index (χ0) is 16.7. The summed E-state index contributed by atoms with van der Waals surface area (Å²) in [4.78, 5) is 25.4. The lowest BCUT2D eigenvalue weighted by Gasteiger charge is -2.19. The number of amides is 3. The predicted molar refractivity (Wildman–Crippen MR) is 89.6 cm³/mol. The van der Waals surface area contributed by atoms with Crippen LogP contribution in [-0.4, -0.2) is 43.0 Å². The van der Waals surface area contributed by atoms with Crippen LogP contribution in [0, 0.1) is 5.92 Å². The average molecular weight is 318 g/mol. The van der Waals surface area contributed by atoms with E-state index < -0.39 is 0 Å². The fourth-order valence-electron chi connectivity index (χ4n) is 2.49. The molecule has 0 heterocycles. The minimum Gasteiger partial charge on any atom is -0.352 e. The summed E-state index contributed by atoms with van der Waals surface area (Å²) in [6.07, 6.45) is 2.56. The van der Waals surface area contributed by atoms with Crippen LogP contribution in [0.5, 0.6) is 0 Å². The maximum atomic E-state index is 12.0. The maximum Gasteiger partial charge on any atom is 0.317 e. The molecule has 0 bridgehead atoms. The van der Waals surface area contributed by atoms with E-state index in [0.29, 0.717) is 25.6 Å². The summed E-state index contributed by atoms with van der Waals surface area (Å²) < 4.78 is 0. The quantitative estimate of drug-likeness (QED) is 0.670. The molecule has 23 heavy (non-hydrogen) atoms. The van der Waals surface area contributed by atoms with Crippen LogP contribution in [0.4, 0.5) is 4.79 Å². The highest BCUT2D eigenvalue weighted by atomic mass is 16.2. The van der Waals surface area contributed by atoms with Gasteiger partial charge in [0.15, 0.2) is 0 Å². The van der Waals surface area contributed by atoms with Gasteiger partial charge in [0, 0.05) is 39.1 Å². The number of carbonyl (C=O) groups excluding carboxylic acids is 2. The summed E-state index contributed by atoms with van der Waals surface area (Å²) in [5.41, 5.74) is 6.73. The molecular weight excluding hydrogens is 292 g/mol. The lowest BCUT2D eigenvalue weighted by atomic mass is 10.2. The molecule has 6 heteroatoms. The first-order valence-electron chi connectivity index (χ1n) is 8.12. The summed E-state index contributed by atoms with van der Waals surface area (Å²) in [6.45, 7) is 1.34. The normalized spacial score (nSPS) is 14.9. The van der Waals surface area contributed by atoms with E-state index >= 15 is 0 Å². The topological polar surface area (TPSA) is 87.5 Å². The van der Waals surface area contributed by atoms with Gasteiger partial charge >= 0.3 is 6.03 Å². The molecular formula is C17H26N4O2. The Morgan fingerprint density at radius 2 is 2.00 bits per heavy atom. The van der Waals surface area contributed by atoms with Crippen molar-refractivity contribution in [1.82, 2.24) is 15.5 Å². The van der Waals surface area contributed by atoms with Gasteiger partial charge in [0.1, 0.15) is 0 Å².